The van der Waals surface area contributed by atoms with Gasteiger partial charge in [-0.1, -0.05) is 76.2 Å². The number of anilines is 2. The second kappa shape index (κ2) is 13.8. The quantitative estimate of drug-likeness (QED) is 0.207. The van der Waals surface area contributed by atoms with E-state index in [0.29, 0.717) is 29.6 Å². The number of benzene rings is 2. The highest BCUT2D eigenvalue weighted by atomic mass is 32.2. The van der Waals surface area contributed by atoms with Crippen LogP contribution in [0.5, 0.6) is 0 Å². The first kappa shape index (κ1) is 38.9. The van der Waals surface area contributed by atoms with Gasteiger partial charge in [0.2, 0.25) is 0 Å². The third-order valence-corrected chi connectivity index (χ3v) is 12.2. The first-order valence-electron chi connectivity index (χ1n) is 17.5. The molecule has 4 amide bonds. The zero-order valence-electron chi connectivity index (χ0n) is 31.0. The molecule has 1 saturated heterocycles. The van der Waals surface area contributed by atoms with Crippen molar-refractivity contribution < 1.29 is 40.3 Å². The summed E-state index contributed by atoms with van der Waals surface area (Å²) in [5.41, 5.74) is 5.35. The first-order valence-corrected chi connectivity index (χ1v) is 20.7. The maximum atomic E-state index is 13.8. The minimum absolute atomic E-state index is 0.0120. The molecule has 2 aromatic carbocycles. The third-order valence-electron chi connectivity index (χ3n) is 10.8. The number of hydrogen-bond donors (Lipinski definition) is 2. The number of fused-ring (bicyclic) bond motifs is 2. The summed E-state index contributed by atoms with van der Waals surface area (Å²) in [5.74, 6) is -2.49. The average molecular weight is 777 g/mol. The second-order valence-electron chi connectivity index (χ2n) is 14.9. The summed E-state index contributed by atoms with van der Waals surface area (Å²) < 4.78 is 66.6. The molecule has 1 aliphatic carbocycles. The van der Waals surface area contributed by atoms with Gasteiger partial charge in [0, 0.05) is 60.8 Å². The minimum atomic E-state index is -4.28. The number of hydrogen-bond acceptors (Lipinski definition) is 9. The molecule has 0 radical (unpaired) electrons. The maximum absolute atomic E-state index is 13.8. The number of carbonyl (C=O) groups excluding carboxylic acids is 3. The van der Waals surface area contributed by atoms with E-state index >= 15 is 0 Å². The van der Waals surface area contributed by atoms with Crippen LogP contribution in [0.3, 0.4) is 0 Å². The number of allylic oxidation sites excluding steroid dienone is 9. The summed E-state index contributed by atoms with van der Waals surface area (Å²) in [6, 6.07) is 14.4. The van der Waals surface area contributed by atoms with Gasteiger partial charge in [-0.25, -0.2) is 4.79 Å². The molecular formula is C39H44N4O9S2. The average Bonchev–Trinajstić information content (AvgIpc) is 3.66. The standard InChI is InChI=1S/C39H44N4O9S2/c1-38(2)27-11-7-9-13-29(27)42(21-23-53(47,48)49)31(38)19-17-25-15-16-26(33(25)34-35(44)40(5)37(46)41(6)36(34)45)18-20-32-39(3,4)28-12-8-10-14-30(28)43(32)22-24-54(50,51)52/h7-14,17-20H,15-16,21-24H2,1-6H3,(H,47,48,49)(H,50,51,52)/b25-17+,26-18+,31-19+,32-20+. The Kier molecular flexibility index (Phi) is 9.93. The van der Waals surface area contributed by atoms with Crippen molar-refractivity contribution in [3.63, 3.8) is 0 Å². The number of rotatable bonds is 8. The Labute approximate surface area is 316 Å². The monoisotopic (exact) mass is 776 g/mol. The van der Waals surface area contributed by atoms with Crippen LogP contribution in [-0.2, 0) is 40.7 Å². The van der Waals surface area contributed by atoms with Crippen LogP contribution >= 0.6 is 0 Å². The smallest absolute Gasteiger partial charge is 0.333 e. The summed E-state index contributed by atoms with van der Waals surface area (Å²) in [7, 11) is -5.93. The largest absolute Gasteiger partial charge is 0.343 e. The van der Waals surface area contributed by atoms with Gasteiger partial charge in [0.1, 0.15) is 5.57 Å². The predicted molar refractivity (Wildman–Crippen MR) is 206 cm³/mol. The van der Waals surface area contributed by atoms with Crippen LogP contribution in [0.4, 0.5) is 16.2 Å². The Bertz CT molecular complexity index is 2190. The van der Waals surface area contributed by atoms with E-state index in [9.17, 15) is 40.3 Å². The van der Waals surface area contributed by atoms with E-state index in [4.69, 9.17) is 0 Å². The Hall–Kier alpha value is -4.83. The molecular weight excluding hydrogens is 733 g/mol. The fourth-order valence-corrected chi connectivity index (χ4v) is 8.78. The van der Waals surface area contributed by atoms with Gasteiger partial charge in [0.15, 0.2) is 0 Å². The fourth-order valence-electron chi connectivity index (χ4n) is 7.96. The van der Waals surface area contributed by atoms with Crippen molar-refractivity contribution in [1.29, 1.82) is 0 Å². The number of imide groups is 2. The lowest BCUT2D eigenvalue weighted by atomic mass is 9.83. The molecule has 0 aromatic heterocycles. The molecule has 4 aliphatic rings. The molecule has 15 heteroatoms. The topological polar surface area (TPSA) is 173 Å². The van der Waals surface area contributed by atoms with Gasteiger partial charge in [0.25, 0.3) is 32.1 Å². The number of urea groups is 1. The van der Waals surface area contributed by atoms with E-state index in [1.807, 2.05) is 110 Å². The van der Waals surface area contributed by atoms with E-state index in [1.165, 1.54) is 14.1 Å². The molecule has 0 unspecified atom stereocenters. The Morgan fingerprint density at radius 1 is 0.611 bits per heavy atom. The van der Waals surface area contributed by atoms with Crippen LogP contribution in [0.2, 0.25) is 0 Å². The fraction of sp³-hybridized carbons (Fsp3) is 0.359. The van der Waals surface area contributed by atoms with Crippen LogP contribution in [-0.4, -0.2) is 92.3 Å². The van der Waals surface area contributed by atoms with Gasteiger partial charge in [0.05, 0.1) is 11.5 Å². The summed E-state index contributed by atoms with van der Waals surface area (Å²) in [6.45, 7) is 8.01. The van der Waals surface area contributed by atoms with Crippen LogP contribution < -0.4 is 9.80 Å². The molecule has 286 valence electrons. The second-order valence-corrected chi connectivity index (χ2v) is 18.1. The van der Waals surface area contributed by atoms with Crippen molar-refractivity contribution in [2.45, 2.75) is 51.4 Å². The van der Waals surface area contributed by atoms with Crippen LogP contribution in [0.1, 0.15) is 51.7 Å². The number of barbiturate groups is 1. The molecule has 2 fully saturated rings. The molecule has 0 spiro atoms. The summed E-state index contributed by atoms with van der Waals surface area (Å²) in [5, 5.41) is 0. The molecule has 6 rings (SSSR count). The first-order chi connectivity index (χ1) is 25.1. The highest BCUT2D eigenvalue weighted by Crippen LogP contribution is 2.50. The molecule has 2 aromatic rings. The molecule has 1 saturated carbocycles. The van der Waals surface area contributed by atoms with Gasteiger partial charge in [-0.2, -0.15) is 16.8 Å². The van der Waals surface area contributed by atoms with E-state index < -0.39 is 60.4 Å². The minimum Gasteiger partial charge on any atom is -0.343 e. The van der Waals surface area contributed by atoms with E-state index in [-0.39, 0.29) is 18.7 Å². The number of carbonyl (C=O) groups is 3. The zero-order chi connectivity index (χ0) is 39.5. The highest BCUT2D eigenvalue weighted by molar-refractivity contribution is 7.86. The summed E-state index contributed by atoms with van der Waals surface area (Å²) in [6.07, 6.45) is 8.20. The van der Waals surface area contributed by atoms with Crippen molar-refractivity contribution in [1.82, 2.24) is 9.80 Å². The summed E-state index contributed by atoms with van der Waals surface area (Å²) >= 11 is 0. The maximum Gasteiger partial charge on any atom is 0.333 e. The third kappa shape index (κ3) is 6.96. The van der Waals surface area contributed by atoms with E-state index in [0.717, 1.165) is 43.7 Å². The Balaban J connectivity index is 1.51. The van der Waals surface area contributed by atoms with Gasteiger partial charge in [-0.05, 0) is 65.0 Å². The number of nitrogens with zero attached hydrogens (tertiary/aromatic N) is 4. The Morgan fingerprint density at radius 2 is 0.981 bits per heavy atom. The van der Waals surface area contributed by atoms with Gasteiger partial charge in [-0.3, -0.25) is 28.5 Å². The van der Waals surface area contributed by atoms with Crippen molar-refractivity contribution in [3.05, 3.63) is 118 Å². The van der Waals surface area contributed by atoms with Gasteiger partial charge in [-0.15, -0.1) is 0 Å². The number of amides is 4. The molecule has 3 heterocycles. The number of para-hydroxylation sites is 2. The van der Waals surface area contributed by atoms with Crippen LogP contribution in [0.15, 0.2) is 107 Å². The predicted octanol–water partition coefficient (Wildman–Crippen LogP) is 5.12. The molecule has 13 nitrogen and oxygen atoms in total. The van der Waals surface area contributed by atoms with Crippen molar-refractivity contribution in [3.8, 4) is 0 Å². The summed E-state index contributed by atoms with van der Waals surface area (Å²) in [4.78, 5) is 45.9. The van der Waals surface area contributed by atoms with E-state index in [2.05, 4.69) is 0 Å². The van der Waals surface area contributed by atoms with E-state index in [1.54, 1.807) is 0 Å². The van der Waals surface area contributed by atoms with Crippen LogP contribution in [0, 0.1) is 0 Å². The Morgan fingerprint density at radius 3 is 1.35 bits per heavy atom. The normalized spacial score (nSPS) is 22.9. The SMILES string of the molecule is CN1C(=O)C(=C2/C(=C/C=C3/N(CCS(=O)(=O)O)c4ccccc4C3(C)C)CC/C2=C\C=C2\N(CCS(=O)(=O)O)c3ccccc3C2(C)C)C(=O)N(C)C1=O. The van der Waals surface area contributed by atoms with Crippen molar-refractivity contribution in [2.75, 3.05) is 48.5 Å². The molecule has 0 atom stereocenters. The zero-order valence-corrected chi connectivity index (χ0v) is 32.7. The lowest BCUT2D eigenvalue weighted by Gasteiger charge is -2.30. The lowest BCUT2D eigenvalue weighted by molar-refractivity contribution is -0.134. The molecule has 3 aliphatic heterocycles. The van der Waals surface area contributed by atoms with Gasteiger partial charge < -0.3 is 9.80 Å². The van der Waals surface area contributed by atoms with Crippen molar-refractivity contribution in [2.24, 2.45) is 0 Å². The molecule has 2 N–H and O–H groups in total. The van der Waals surface area contributed by atoms with Crippen LogP contribution in [0.25, 0.3) is 0 Å². The number of likely N-dealkylation sites (N-methyl/N-ethyl adjacent to an activating group) is 2. The molecule has 54 heavy (non-hydrogen) atoms. The molecule has 0 bridgehead atoms. The van der Waals surface area contributed by atoms with Gasteiger partial charge >= 0.3 is 6.03 Å². The van der Waals surface area contributed by atoms with Crippen molar-refractivity contribution >= 4 is 49.5 Å². The lowest BCUT2D eigenvalue weighted by Crippen LogP contribution is -2.53. The highest BCUT2D eigenvalue weighted by Gasteiger charge is 2.44.